The average Bonchev–Trinajstić information content (AvgIpc) is 1.57. The monoisotopic (exact) mass is 1430 g/mol. The molecule has 24 aromatic rings. The lowest BCUT2D eigenvalue weighted by Gasteiger charge is -2.10. The predicted molar refractivity (Wildman–Crippen MR) is 454 cm³/mol. The van der Waals surface area contributed by atoms with Crippen LogP contribution in [0.2, 0.25) is 0 Å². The lowest BCUT2D eigenvalue weighted by molar-refractivity contribution is 0.673. The van der Waals surface area contributed by atoms with Crippen LogP contribution >= 0.6 is 34.0 Å². The van der Waals surface area contributed by atoms with Crippen LogP contribution in [0.5, 0.6) is 0 Å². The first-order chi connectivity index (χ1) is 53.5. The van der Waals surface area contributed by atoms with E-state index in [2.05, 4.69) is 340 Å². The van der Waals surface area contributed by atoms with Crippen molar-refractivity contribution in [3.8, 4) is 68.0 Å². The number of nitrogens with zero attached hydrogens (tertiary/aromatic N) is 8. The minimum atomic E-state index is 0.645. The lowest BCUT2D eigenvalue weighted by atomic mass is 10.0. The Morgan fingerprint density at radius 1 is 0.250 bits per heavy atom. The third kappa shape index (κ3) is 9.41. The first-order valence-electron chi connectivity index (χ1n) is 36.1. The van der Waals surface area contributed by atoms with Crippen LogP contribution in [0.3, 0.4) is 0 Å². The summed E-state index contributed by atoms with van der Waals surface area (Å²) < 4.78 is 22.6. The van der Waals surface area contributed by atoms with Crippen LogP contribution in [0.1, 0.15) is 0 Å². The van der Waals surface area contributed by atoms with Crippen LogP contribution in [-0.2, 0) is 0 Å². The van der Waals surface area contributed by atoms with Crippen molar-refractivity contribution in [2.45, 2.75) is 0 Å². The minimum absolute atomic E-state index is 0.645. The Hall–Kier alpha value is -13.6. The third-order valence-corrected chi connectivity index (χ3v) is 25.3. The summed E-state index contributed by atoms with van der Waals surface area (Å²) in [5.74, 6) is 1.33. The number of rotatable bonds is 8. The maximum absolute atomic E-state index is 6.51. The van der Waals surface area contributed by atoms with E-state index in [1.165, 1.54) is 79.5 Å². The number of hydrogen-bond donors (Lipinski definition) is 0. The molecule has 0 unspecified atom stereocenters. The van der Waals surface area contributed by atoms with Gasteiger partial charge in [0.1, 0.15) is 5.58 Å². The Morgan fingerprint density at radius 2 is 0.694 bits per heavy atom. The van der Waals surface area contributed by atoms with Gasteiger partial charge >= 0.3 is 0 Å². The molecular weight excluding hydrogens is 1380 g/mol. The van der Waals surface area contributed by atoms with Crippen LogP contribution in [0, 0.1) is 0 Å². The van der Waals surface area contributed by atoms with Crippen LogP contribution < -0.4 is 0 Å². The number of aromatic nitrogens is 8. The minimum Gasteiger partial charge on any atom is -0.455 e. The van der Waals surface area contributed by atoms with E-state index in [0.717, 1.165) is 125 Å². The molecule has 10 heterocycles. The molecule has 0 aliphatic carbocycles. The number of benzene rings is 14. The Kier molecular flexibility index (Phi) is 13.5. The van der Waals surface area contributed by atoms with Gasteiger partial charge in [-0.1, -0.05) is 218 Å². The molecule has 0 saturated heterocycles. The van der Waals surface area contributed by atoms with E-state index < -0.39 is 0 Å². The van der Waals surface area contributed by atoms with Crippen molar-refractivity contribution >= 4 is 182 Å². The molecule has 14 aromatic carbocycles. The molecular formula is C96H56N8OS3. The van der Waals surface area contributed by atoms with Gasteiger partial charge in [-0.2, -0.15) is 0 Å². The summed E-state index contributed by atoms with van der Waals surface area (Å²) in [7, 11) is 0. The largest absolute Gasteiger partial charge is 0.455 e. The fourth-order valence-corrected chi connectivity index (χ4v) is 20.3. The molecule has 0 atom stereocenters. The summed E-state index contributed by atoms with van der Waals surface area (Å²) in [6, 6.07) is 117. The zero-order valence-electron chi connectivity index (χ0n) is 57.5. The van der Waals surface area contributed by atoms with Crippen LogP contribution in [0.25, 0.3) is 216 Å². The van der Waals surface area contributed by atoms with Gasteiger partial charge in [0.15, 0.2) is 5.58 Å². The third-order valence-electron chi connectivity index (χ3n) is 21.6. The molecule has 0 fully saturated rings. The number of thiophene rings is 3. The molecule has 24 rings (SSSR count). The van der Waals surface area contributed by atoms with Gasteiger partial charge in [0.25, 0.3) is 0 Å². The van der Waals surface area contributed by atoms with Gasteiger partial charge in [0.05, 0.1) is 79.0 Å². The summed E-state index contributed by atoms with van der Waals surface area (Å²) >= 11 is 5.40. The van der Waals surface area contributed by atoms with E-state index in [1.807, 2.05) is 40.9 Å². The molecule has 0 bridgehead atoms. The van der Waals surface area contributed by atoms with Crippen molar-refractivity contribution in [2.24, 2.45) is 0 Å². The molecule has 0 aliphatic rings. The molecule has 504 valence electrons. The second-order valence-electron chi connectivity index (χ2n) is 27.6. The molecule has 9 nitrogen and oxygen atoms in total. The fraction of sp³-hybridized carbons (Fsp3) is 0. The molecule has 0 amide bonds. The Bertz CT molecular complexity index is 7810. The zero-order valence-corrected chi connectivity index (χ0v) is 60.0. The van der Waals surface area contributed by atoms with Crippen LogP contribution in [0.4, 0.5) is 0 Å². The zero-order chi connectivity index (χ0) is 70.7. The number of hydrogen-bond acceptors (Lipinski definition) is 8. The Morgan fingerprint density at radius 3 is 1.31 bits per heavy atom. The van der Waals surface area contributed by atoms with Gasteiger partial charge in [-0.15, -0.1) is 34.0 Å². The van der Waals surface area contributed by atoms with Gasteiger partial charge in [-0.25, -0.2) is 19.9 Å². The van der Waals surface area contributed by atoms with E-state index in [1.54, 1.807) is 11.3 Å². The van der Waals surface area contributed by atoms with Gasteiger partial charge in [-0.3, -0.25) is 9.13 Å². The summed E-state index contributed by atoms with van der Waals surface area (Å²) in [5, 5.41) is 14.2. The number of furan rings is 1. The highest BCUT2D eigenvalue weighted by atomic mass is 32.1. The second kappa shape index (κ2) is 24.0. The molecule has 12 heteroatoms. The van der Waals surface area contributed by atoms with Crippen molar-refractivity contribution in [3.05, 3.63) is 340 Å². The maximum atomic E-state index is 6.51. The van der Waals surface area contributed by atoms with Crippen LogP contribution in [-0.4, -0.2) is 38.2 Å². The lowest BCUT2D eigenvalue weighted by Crippen LogP contribution is -2.02. The number of para-hydroxylation sites is 5. The fourth-order valence-electron chi connectivity index (χ4n) is 16.5. The quantitative estimate of drug-likeness (QED) is 0.151. The second-order valence-corrected chi connectivity index (χ2v) is 30.7. The molecule has 0 aliphatic heterocycles. The first kappa shape index (κ1) is 60.8. The average molecular weight is 1430 g/mol. The molecule has 0 spiro atoms. The highest BCUT2D eigenvalue weighted by Crippen LogP contribution is 2.49. The van der Waals surface area contributed by atoms with E-state index in [0.29, 0.717) is 11.9 Å². The van der Waals surface area contributed by atoms with Gasteiger partial charge in [0, 0.05) is 98.8 Å². The smallest absolute Gasteiger partial charge is 0.235 e. The standard InChI is InChI=1S/C48H28N4OS.C48H28N4S2/c1-3-11-30(12-4-1)43-47-44(37-23-22-36-35-16-8-10-18-42(35)53-45(36)46(37)54-47)50-48(49-43)52-39-17-9-7-15-34(39)38-27-31(21-24-40(38)52)32-20-19-29-25-26-51(41(29)28-32)33-13-5-2-6-14-33;1-3-11-29(12-4-1)43-47-44(37-22-21-36-35-16-8-10-18-42(35)53-45(36)46(37)54-47)50-48(49-43)52-40-17-9-7-15-34(40)38-28-31(20-24-41(38)52)30-19-23-39-32(27-30)25-26-51(39)33-13-5-2-6-14-33/h2*1-28H. The Labute approximate surface area is 628 Å². The van der Waals surface area contributed by atoms with Gasteiger partial charge < -0.3 is 13.6 Å². The number of fused-ring (bicyclic) bond motifs is 22. The van der Waals surface area contributed by atoms with Crippen molar-refractivity contribution in [2.75, 3.05) is 0 Å². The topological polar surface area (TPSA) is 84.4 Å². The summed E-state index contributed by atoms with van der Waals surface area (Å²) in [6.07, 6.45) is 4.31. The highest BCUT2D eigenvalue weighted by Gasteiger charge is 2.26. The van der Waals surface area contributed by atoms with Gasteiger partial charge in [0.2, 0.25) is 11.9 Å². The summed E-state index contributed by atoms with van der Waals surface area (Å²) in [4.78, 5) is 21.7. The normalized spacial score (nSPS) is 12.1. The van der Waals surface area contributed by atoms with Crippen molar-refractivity contribution in [1.82, 2.24) is 38.2 Å². The summed E-state index contributed by atoms with van der Waals surface area (Å²) in [5.41, 5.74) is 21.4. The van der Waals surface area contributed by atoms with Crippen LogP contribution in [0.15, 0.2) is 344 Å². The first-order valence-corrected chi connectivity index (χ1v) is 38.6. The molecule has 108 heavy (non-hydrogen) atoms. The summed E-state index contributed by atoms with van der Waals surface area (Å²) in [6.45, 7) is 0. The van der Waals surface area contributed by atoms with Crippen molar-refractivity contribution < 1.29 is 4.42 Å². The predicted octanol–water partition coefficient (Wildman–Crippen LogP) is 26.7. The Balaban J connectivity index is 0.000000130. The SMILES string of the molecule is c1ccc(-c2nc(-n3c4ccccc4c4cc(-c5ccc6c(ccn6-c6ccccc6)c5)ccc43)nc3c2sc2c3ccc3c4ccccc4sc32)cc1.c1ccc(-c2nc(-n3c4ccccc4c4cc(-c5ccc6ccn(-c7ccccc7)c6c5)ccc43)nc3c2sc2c3ccc3c4ccccc4oc32)cc1. The maximum Gasteiger partial charge on any atom is 0.235 e. The molecule has 0 saturated carbocycles. The molecule has 0 radical (unpaired) electrons. The van der Waals surface area contributed by atoms with E-state index in [9.17, 15) is 0 Å². The van der Waals surface area contributed by atoms with E-state index >= 15 is 0 Å². The van der Waals surface area contributed by atoms with E-state index in [-0.39, 0.29) is 0 Å². The van der Waals surface area contributed by atoms with Crippen molar-refractivity contribution in [3.63, 3.8) is 0 Å². The highest BCUT2D eigenvalue weighted by molar-refractivity contribution is 7.33. The molecule has 0 N–H and O–H groups in total. The van der Waals surface area contributed by atoms with Gasteiger partial charge in [-0.05, 0) is 137 Å². The van der Waals surface area contributed by atoms with Crippen molar-refractivity contribution in [1.29, 1.82) is 0 Å². The molecule has 10 aromatic heterocycles. The van der Waals surface area contributed by atoms with E-state index in [4.69, 9.17) is 24.4 Å².